The zero-order valence-electron chi connectivity index (χ0n) is 10.7. The Morgan fingerprint density at radius 3 is 2.68 bits per heavy atom. The molecule has 5 heteroatoms. The summed E-state index contributed by atoms with van der Waals surface area (Å²) in [4.78, 5) is 4.51. The minimum absolute atomic E-state index is 0.754. The maximum atomic E-state index is 4.51. The van der Waals surface area contributed by atoms with Gasteiger partial charge < -0.3 is 5.32 Å². The monoisotopic (exact) mass is 320 g/mol. The average molecular weight is 321 g/mol. The Hall–Kier alpha value is -1.10. The highest BCUT2D eigenvalue weighted by atomic mass is 79.9. The van der Waals surface area contributed by atoms with E-state index in [1.807, 2.05) is 22.8 Å². The molecule has 0 radical (unpaired) electrons. The Bertz CT molecular complexity index is 589. The van der Waals surface area contributed by atoms with Crippen LogP contribution in [0.4, 0.5) is 5.95 Å². The lowest BCUT2D eigenvalue weighted by atomic mass is 9.98. The summed E-state index contributed by atoms with van der Waals surface area (Å²) in [5.41, 5.74) is 0.889. The van der Waals surface area contributed by atoms with Gasteiger partial charge in [0.05, 0.1) is 0 Å². The van der Waals surface area contributed by atoms with Crippen LogP contribution in [-0.2, 0) is 0 Å². The van der Waals surface area contributed by atoms with Crippen molar-refractivity contribution >= 4 is 27.5 Å². The molecule has 0 aromatic carbocycles. The van der Waals surface area contributed by atoms with Crippen LogP contribution in [0.3, 0.4) is 0 Å². The molecular formula is C14H17BrN4. The molecule has 2 aromatic rings. The lowest BCUT2D eigenvalue weighted by Gasteiger charge is -2.14. The summed E-state index contributed by atoms with van der Waals surface area (Å²) in [6.07, 6.45) is 7.64. The normalized spacial score (nSPS) is 19.3. The molecule has 4 nitrogen and oxygen atoms in total. The molecule has 0 saturated heterocycles. The molecule has 0 amide bonds. The number of fused-ring (bicyclic) bond motifs is 1. The fraction of sp³-hybridized carbons (Fsp3) is 0.571. The third kappa shape index (κ3) is 2.48. The van der Waals surface area contributed by atoms with Crippen molar-refractivity contribution in [3.05, 3.63) is 22.8 Å². The van der Waals surface area contributed by atoms with Gasteiger partial charge in [0.15, 0.2) is 5.65 Å². The molecule has 2 heterocycles. The summed E-state index contributed by atoms with van der Waals surface area (Å²) in [5.74, 6) is 3.53. The predicted molar refractivity (Wildman–Crippen MR) is 78.1 cm³/mol. The lowest BCUT2D eigenvalue weighted by Crippen LogP contribution is -2.18. The van der Waals surface area contributed by atoms with E-state index in [-0.39, 0.29) is 0 Å². The van der Waals surface area contributed by atoms with Crippen LogP contribution < -0.4 is 5.32 Å². The number of hydrogen-bond acceptors (Lipinski definition) is 3. The van der Waals surface area contributed by atoms with E-state index in [9.17, 15) is 0 Å². The molecule has 1 N–H and O–H groups in total. The van der Waals surface area contributed by atoms with E-state index in [0.717, 1.165) is 40.4 Å². The Morgan fingerprint density at radius 1 is 1.26 bits per heavy atom. The first-order valence-electron chi connectivity index (χ1n) is 7.05. The van der Waals surface area contributed by atoms with E-state index in [1.165, 1.54) is 25.7 Å². The van der Waals surface area contributed by atoms with E-state index in [1.54, 1.807) is 0 Å². The zero-order chi connectivity index (χ0) is 12.8. The van der Waals surface area contributed by atoms with Crippen molar-refractivity contribution in [2.45, 2.75) is 25.7 Å². The van der Waals surface area contributed by atoms with Gasteiger partial charge in [0.1, 0.15) is 0 Å². The van der Waals surface area contributed by atoms with E-state index in [0.29, 0.717) is 0 Å². The van der Waals surface area contributed by atoms with Crippen molar-refractivity contribution in [1.29, 1.82) is 0 Å². The molecule has 19 heavy (non-hydrogen) atoms. The fourth-order valence-corrected chi connectivity index (χ4v) is 3.24. The van der Waals surface area contributed by atoms with Crippen molar-refractivity contribution in [3.63, 3.8) is 0 Å². The third-order valence-corrected chi connectivity index (χ3v) is 4.71. The molecule has 0 unspecified atom stereocenters. The van der Waals surface area contributed by atoms with Crippen LogP contribution in [0.15, 0.2) is 22.8 Å². The number of pyridine rings is 1. The molecule has 2 fully saturated rings. The van der Waals surface area contributed by atoms with Crippen molar-refractivity contribution in [2.24, 2.45) is 17.8 Å². The molecule has 0 atom stereocenters. The second kappa shape index (κ2) is 4.47. The van der Waals surface area contributed by atoms with Crippen LogP contribution >= 0.6 is 15.9 Å². The molecule has 0 bridgehead atoms. The van der Waals surface area contributed by atoms with Crippen LogP contribution in [-0.4, -0.2) is 21.1 Å². The number of halogens is 1. The average Bonchev–Trinajstić information content (AvgIpc) is 3.28. The number of nitrogens with one attached hydrogen (secondary N) is 1. The van der Waals surface area contributed by atoms with Gasteiger partial charge in [-0.2, -0.15) is 4.98 Å². The molecule has 2 aromatic heterocycles. The quantitative estimate of drug-likeness (QED) is 0.918. The van der Waals surface area contributed by atoms with Gasteiger partial charge in [0, 0.05) is 17.2 Å². The zero-order valence-corrected chi connectivity index (χ0v) is 12.3. The highest BCUT2D eigenvalue weighted by Gasteiger charge is 2.41. The maximum Gasteiger partial charge on any atom is 0.243 e. The van der Waals surface area contributed by atoms with Crippen LogP contribution in [0, 0.1) is 17.8 Å². The van der Waals surface area contributed by atoms with Crippen LogP contribution in [0.2, 0.25) is 0 Å². The number of aromatic nitrogens is 3. The van der Waals surface area contributed by atoms with Crippen molar-refractivity contribution in [2.75, 3.05) is 11.9 Å². The number of anilines is 1. The van der Waals surface area contributed by atoms with Gasteiger partial charge >= 0.3 is 0 Å². The molecule has 2 aliphatic carbocycles. The van der Waals surface area contributed by atoms with E-state index in [2.05, 4.69) is 31.3 Å². The van der Waals surface area contributed by atoms with Gasteiger partial charge in [0.25, 0.3) is 0 Å². The molecule has 0 spiro atoms. The van der Waals surface area contributed by atoms with Crippen molar-refractivity contribution in [1.82, 2.24) is 14.6 Å². The minimum Gasteiger partial charge on any atom is -0.353 e. The summed E-state index contributed by atoms with van der Waals surface area (Å²) in [6, 6.07) is 3.96. The Labute approximate surface area is 120 Å². The van der Waals surface area contributed by atoms with Gasteiger partial charge in [-0.15, -0.1) is 5.10 Å². The number of hydrogen-bond donors (Lipinski definition) is 1. The molecule has 100 valence electrons. The molecule has 2 aliphatic rings. The third-order valence-electron chi connectivity index (χ3n) is 4.25. The molecular weight excluding hydrogens is 304 g/mol. The minimum atomic E-state index is 0.754. The first-order chi connectivity index (χ1) is 9.29. The summed E-state index contributed by atoms with van der Waals surface area (Å²) < 4.78 is 2.83. The van der Waals surface area contributed by atoms with Gasteiger partial charge in [0.2, 0.25) is 5.95 Å². The molecule has 2 saturated carbocycles. The van der Waals surface area contributed by atoms with Gasteiger partial charge in [-0.3, -0.25) is 0 Å². The van der Waals surface area contributed by atoms with Gasteiger partial charge in [-0.05, 0) is 71.5 Å². The Morgan fingerprint density at radius 2 is 2.00 bits per heavy atom. The van der Waals surface area contributed by atoms with Gasteiger partial charge in [-0.1, -0.05) is 0 Å². The summed E-state index contributed by atoms with van der Waals surface area (Å²) in [5, 5.41) is 7.91. The van der Waals surface area contributed by atoms with Crippen molar-refractivity contribution in [3.8, 4) is 0 Å². The summed E-state index contributed by atoms with van der Waals surface area (Å²) >= 11 is 3.45. The first kappa shape index (κ1) is 11.7. The van der Waals surface area contributed by atoms with Crippen LogP contribution in [0.1, 0.15) is 25.7 Å². The SMILES string of the molecule is Brc1ccc2nc(NCC(C3CC3)C3CC3)nn2c1. The largest absolute Gasteiger partial charge is 0.353 e. The summed E-state index contributed by atoms with van der Waals surface area (Å²) in [7, 11) is 0. The number of rotatable bonds is 5. The number of nitrogens with zero attached hydrogens (tertiary/aromatic N) is 3. The van der Waals surface area contributed by atoms with E-state index >= 15 is 0 Å². The molecule has 4 rings (SSSR count). The van der Waals surface area contributed by atoms with Gasteiger partial charge in [-0.25, -0.2) is 4.52 Å². The predicted octanol–water partition coefficient (Wildman–Crippen LogP) is 3.34. The highest BCUT2D eigenvalue weighted by Crippen LogP contribution is 2.49. The van der Waals surface area contributed by atoms with Crippen molar-refractivity contribution < 1.29 is 0 Å². The standard InChI is InChI=1S/C14H17BrN4/c15-11-5-6-13-17-14(18-19(13)8-11)16-7-12(9-1-2-9)10-3-4-10/h5-6,8-10,12H,1-4,7H2,(H,16,18). The highest BCUT2D eigenvalue weighted by molar-refractivity contribution is 9.10. The van der Waals surface area contributed by atoms with E-state index in [4.69, 9.17) is 0 Å². The van der Waals surface area contributed by atoms with Crippen LogP contribution in [0.5, 0.6) is 0 Å². The Balaban J connectivity index is 1.48. The van der Waals surface area contributed by atoms with E-state index < -0.39 is 0 Å². The lowest BCUT2D eigenvalue weighted by molar-refractivity contribution is 0.427. The van der Waals surface area contributed by atoms with Crippen LogP contribution in [0.25, 0.3) is 5.65 Å². The fourth-order valence-electron chi connectivity index (χ4n) is 2.91. The smallest absolute Gasteiger partial charge is 0.243 e. The Kier molecular flexibility index (Phi) is 2.76. The molecule has 0 aliphatic heterocycles. The first-order valence-corrected chi connectivity index (χ1v) is 7.85. The maximum absolute atomic E-state index is 4.51. The topological polar surface area (TPSA) is 42.2 Å². The second-order valence-corrected chi connectivity index (χ2v) is 6.72. The summed E-state index contributed by atoms with van der Waals surface area (Å²) in [6.45, 7) is 1.04. The second-order valence-electron chi connectivity index (χ2n) is 5.81.